The van der Waals surface area contributed by atoms with Crippen LogP contribution in [0.1, 0.15) is 20.7 Å². The number of nitrogen functional groups attached to an aromatic ring is 1. The Morgan fingerprint density at radius 1 is 1.22 bits per heavy atom. The van der Waals surface area contributed by atoms with Crippen molar-refractivity contribution in [1.29, 1.82) is 0 Å². The van der Waals surface area contributed by atoms with Crippen LogP contribution in [0.25, 0.3) is 0 Å². The highest BCUT2D eigenvalue weighted by atomic mass is 32.1. The Kier molecular flexibility index (Phi) is 2.99. The van der Waals surface area contributed by atoms with E-state index < -0.39 is 11.8 Å². The van der Waals surface area contributed by atoms with Crippen molar-refractivity contribution >= 4 is 29.9 Å². The van der Waals surface area contributed by atoms with Crippen LogP contribution in [0.5, 0.6) is 0 Å². The topological polar surface area (TPSA) is 107 Å². The number of aromatic nitrogens is 2. The summed E-state index contributed by atoms with van der Waals surface area (Å²) in [5, 5.41) is 2.55. The third-order valence-electron chi connectivity index (χ3n) is 2.41. The number of nitrogens with zero attached hydrogens (tertiary/aromatic N) is 1. The maximum absolute atomic E-state index is 12.1. The lowest BCUT2D eigenvalue weighted by molar-refractivity contribution is 0.0947. The molecule has 0 aliphatic heterocycles. The molecule has 0 saturated carbocycles. The Morgan fingerprint density at radius 3 is 2.33 bits per heavy atom. The Bertz CT molecular complexity index is 672. The average molecular weight is 262 g/mol. The van der Waals surface area contributed by atoms with Gasteiger partial charge in [0.05, 0.1) is 0 Å². The molecule has 0 atom stereocenters. The van der Waals surface area contributed by atoms with Gasteiger partial charge in [0.1, 0.15) is 16.0 Å². The molecule has 18 heavy (non-hydrogen) atoms. The van der Waals surface area contributed by atoms with E-state index in [-0.39, 0.29) is 16.0 Å². The molecular formula is C11H10N4O2S. The SMILES string of the molecule is NC(=O)c1c(N)n(C(=O)c2ccccc2)[nH]c1=S. The zero-order valence-electron chi connectivity index (χ0n) is 9.21. The van der Waals surface area contributed by atoms with Crippen LogP contribution in [0.4, 0.5) is 5.82 Å². The smallest absolute Gasteiger partial charge is 0.278 e. The first-order valence-electron chi connectivity index (χ1n) is 5.02. The lowest BCUT2D eigenvalue weighted by atomic mass is 10.2. The molecule has 92 valence electrons. The van der Waals surface area contributed by atoms with E-state index in [0.29, 0.717) is 5.56 Å². The summed E-state index contributed by atoms with van der Waals surface area (Å²) in [5.41, 5.74) is 11.2. The van der Waals surface area contributed by atoms with Gasteiger partial charge in [0.2, 0.25) is 0 Å². The Balaban J connectivity index is 2.54. The fraction of sp³-hybridized carbons (Fsp3) is 0. The number of benzene rings is 1. The average Bonchev–Trinajstić information content (AvgIpc) is 2.65. The van der Waals surface area contributed by atoms with Crippen molar-refractivity contribution < 1.29 is 9.59 Å². The Hall–Kier alpha value is -2.41. The van der Waals surface area contributed by atoms with Gasteiger partial charge in [-0.05, 0) is 12.1 Å². The summed E-state index contributed by atoms with van der Waals surface area (Å²) in [6.07, 6.45) is 0. The van der Waals surface area contributed by atoms with Gasteiger partial charge in [-0.2, -0.15) is 0 Å². The first-order valence-corrected chi connectivity index (χ1v) is 5.43. The molecule has 0 bridgehead atoms. The lowest BCUT2D eigenvalue weighted by Crippen LogP contribution is -2.18. The highest BCUT2D eigenvalue weighted by Gasteiger charge is 2.19. The minimum atomic E-state index is -0.770. The molecule has 6 nitrogen and oxygen atoms in total. The normalized spacial score (nSPS) is 10.2. The Labute approximate surface area is 107 Å². The van der Waals surface area contributed by atoms with Crippen molar-refractivity contribution in [2.24, 2.45) is 5.73 Å². The summed E-state index contributed by atoms with van der Waals surface area (Å²) < 4.78 is 1.06. The molecule has 2 rings (SSSR count). The van der Waals surface area contributed by atoms with E-state index in [2.05, 4.69) is 5.10 Å². The number of H-pyrrole nitrogens is 1. The van der Waals surface area contributed by atoms with Crippen LogP contribution >= 0.6 is 12.2 Å². The van der Waals surface area contributed by atoms with Crippen LogP contribution in [0.3, 0.4) is 0 Å². The second kappa shape index (κ2) is 4.46. The van der Waals surface area contributed by atoms with Gasteiger partial charge in [0, 0.05) is 5.56 Å². The molecular weight excluding hydrogens is 252 g/mol. The summed E-state index contributed by atoms with van der Waals surface area (Å²) in [7, 11) is 0. The van der Waals surface area contributed by atoms with Crippen LogP contribution in [0, 0.1) is 4.64 Å². The van der Waals surface area contributed by atoms with Crippen molar-refractivity contribution in [2.75, 3.05) is 5.73 Å². The van der Waals surface area contributed by atoms with E-state index in [0.717, 1.165) is 4.68 Å². The zero-order valence-corrected chi connectivity index (χ0v) is 10.0. The summed E-state index contributed by atoms with van der Waals surface area (Å²) in [5.74, 6) is -1.26. The molecule has 0 radical (unpaired) electrons. The minimum Gasteiger partial charge on any atom is -0.383 e. The van der Waals surface area contributed by atoms with Gasteiger partial charge in [0.15, 0.2) is 0 Å². The molecule has 1 amide bonds. The molecule has 1 heterocycles. The Morgan fingerprint density at radius 2 is 1.83 bits per heavy atom. The molecule has 1 aromatic carbocycles. The predicted molar refractivity (Wildman–Crippen MR) is 68.7 cm³/mol. The van der Waals surface area contributed by atoms with Gasteiger partial charge in [-0.3, -0.25) is 14.7 Å². The number of aromatic amines is 1. The van der Waals surface area contributed by atoms with Gasteiger partial charge in [-0.15, -0.1) is 0 Å². The number of nitrogens with one attached hydrogen (secondary N) is 1. The summed E-state index contributed by atoms with van der Waals surface area (Å²) >= 11 is 4.90. The van der Waals surface area contributed by atoms with Crippen LogP contribution in [-0.4, -0.2) is 21.6 Å². The molecule has 1 aromatic heterocycles. The van der Waals surface area contributed by atoms with Gasteiger partial charge in [-0.1, -0.05) is 30.4 Å². The summed E-state index contributed by atoms with van der Waals surface area (Å²) in [4.78, 5) is 23.3. The van der Waals surface area contributed by atoms with Crippen molar-refractivity contribution in [3.8, 4) is 0 Å². The summed E-state index contributed by atoms with van der Waals surface area (Å²) in [6.45, 7) is 0. The van der Waals surface area contributed by atoms with Crippen LogP contribution in [0.2, 0.25) is 0 Å². The van der Waals surface area contributed by atoms with Crippen LogP contribution < -0.4 is 11.5 Å². The van der Waals surface area contributed by atoms with E-state index in [1.165, 1.54) is 0 Å². The largest absolute Gasteiger partial charge is 0.383 e. The molecule has 0 unspecified atom stereocenters. The number of hydrogen-bond donors (Lipinski definition) is 3. The highest BCUT2D eigenvalue weighted by molar-refractivity contribution is 7.71. The van der Waals surface area contributed by atoms with Gasteiger partial charge < -0.3 is 11.5 Å². The van der Waals surface area contributed by atoms with E-state index in [4.69, 9.17) is 23.7 Å². The van der Waals surface area contributed by atoms with Crippen molar-refractivity contribution in [2.45, 2.75) is 0 Å². The maximum Gasteiger partial charge on any atom is 0.278 e. The van der Waals surface area contributed by atoms with Crippen molar-refractivity contribution in [3.63, 3.8) is 0 Å². The molecule has 0 fully saturated rings. The fourth-order valence-corrected chi connectivity index (χ4v) is 1.85. The first kappa shape index (κ1) is 12.1. The monoisotopic (exact) mass is 262 g/mol. The van der Waals surface area contributed by atoms with E-state index >= 15 is 0 Å². The predicted octanol–water partition coefficient (Wildman–Crippen LogP) is 0.915. The molecule has 0 saturated heterocycles. The third kappa shape index (κ3) is 1.91. The standard InChI is InChI=1S/C11H10N4O2S/c12-8-7(9(13)16)10(18)14-15(8)11(17)6-4-2-1-3-5-6/h1-5H,12H2,(H2,13,16)(H,14,18). The minimum absolute atomic E-state index is 0.0456. The number of anilines is 1. The molecule has 0 spiro atoms. The second-order valence-electron chi connectivity index (χ2n) is 3.57. The van der Waals surface area contributed by atoms with Gasteiger partial charge >= 0.3 is 0 Å². The number of nitrogens with two attached hydrogens (primary N) is 2. The number of primary amides is 1. The van der Waals surface area contributed by atoms with Gasteiger partial charge in [0.25, 0.3) is 11.8 Å². The number of hydrogen-bond acceptors (Lipinski definition) is 4. The molecule has 5 N–H and O–H groups in total. The van der Waals surface area contributed by atoms with E-state index in [1.54, 1.807) is 30.3 Å². The second-order valence-corrected chi connectivity index (χ2v) is 3.98. The van der Waals surface area contributed by atoms with Crippen LogP contribution in [0.15, 0.2) is 30.3 Å². The fourth-order valence-electron chi connectivity index (χ4n) is 1.55. The van der Waals surface area contributed by atoms with Crippen molar-refractivity contribution in [1.82, 2.24) is 9.78 Å². The maximum atomic E-state index is 12.1. The quantitative estimate of drug-likeness (QED) is 0.699. The molecule has 0 aliphatic rings. The van der Waals surface area contributed by atoms with E-state index in [1.807, 2.05) is 0 Å². The first-order chi connectivity index (χ1) is 8.52. The zero-order chi connectivity index (χ0) is 13.3. The number of amides is 1. The molecule has 7 heteroatoms. The molecule has 2 aromatic rings. The summed E-state index contributed by atoms with van der Waals surface area (Å²) in [6, 6.07) is 8.48. The van der Waals surface area contributed by atoms with E-state index in [9.17, 15) is 9.59 Å². The lowest BCUT2D eigenvalue weighted by Gasteiger charge is -2.03. The van der Waals surface area contributed by atoms with Gasteiger partial charge in [-0.25, -0.2) is 4.68 Å². The number of carbonyl (C=O) groups is 2. The van der Waals surface area contributed by atoms with Crippen molar-refractivity contribution in [3.05, 3.63) is 46.1 Å². The number of rotatable bonds is 2. The highest BCUT2D eigenvalue weighted by Crippen LogP contribution is 2.14. The molecule has 0 aliphatic carbocycles. The van der Waals surface area contributed by atoms with Crippen LogP contribution in [-0.2, 0) is 0 Å². The third-order valence-corrected chi connectivity index (χ3v) is 2.70. The number of carbonyl (C=O) groups excluding carboxylic acids is 2.